The van der Waals surface area contributed by atoms with Crippen molar-refractivity contribution in [3.63, 3.8) is 0 Å². The minimum absolute atomic E-state index is 0.0236. The smallest absolute Gasteiger partial charge is 0.416 e. The Bertz CT molecular complexity index is 888. The molecule has 10 heteroatoms. The molecule has 0 atom stereocenters. The molecule has 2 heterocycles. The highest BCUT2D eigenvalue weighted by Gasteiger charge is 2.32. The number of rotatable bonds is 1. The number of halogens is 3. The van der Waals surface area contributed by atoms with Gasteiger partial charge in [0.25, 0.3) is 5.52 Å². The highest BCUT2D eigenvalue weighted by molar-refractivity contribution is 5.94. The summed E-state index contributed by atoms with van der Waals surface area (Å²) in [6.07, 6.45) is -3.63. The molecule has 0 unspecified atom stereocenters. The van der Waals surface area contributed by atoms with Crippen LogP contribution in [0.2, 0.25) is 0 Å². The average molecular weight is 298 g/mol. The first-order valence-corrected chi connectivity index (χ1v) is 5.51. The van der Waals surface area contributed by atoms with Gasteiger partial charge < -0.3 is 10.3 Å². The van der Waals surface area contributed by atoms with Crippen LogP contribution in [-0.2, 0) is 6.18 Å². The van der Waals surface area contributed by atoms with E-state index in [-0.39, 0.29) is 27.1 Å². The molecule has 3 rings (SSSR count). The fourth-order valence-corrected chi connectivity index (χ4v) is 1.94. The van der Waals surface area contributed by atoms with Gasteiger partial charge in [-0.15, -0.1) is 0 Å². The quantitative estimate of drug-likeness (QED) is 0.538. The number of hydrogen-bond donors (Lipinski definition) is 1. The number of alkyl halides is 3. The van der Waals surface area contributed by atoms with Crippen LogP contribution in [0.3, 0.4) is 0 Å². The number of hydrogen-bond acceptors (Lipinski definition) is 4. The van der Waals surface area contributed by atoms with Crippen molar-refractivity contribution in [2.24, 2.45) is 0 Å². The van der Waals surface area contributed by atoms with Gasteiger partial charge >= 0.3 is 12.1 Å². The van der Waals surface area contributed by atoms with Crippen LogP contribution in [0.4, 0.5) is 13.2 Å². The van der Waals surface area contributed by atoms with E-state index >= 15 is 0 Å². The van der Waals surface area contributed by atoms with Crippen LogP contribution in [0.1, 0.15) is 15.9 Å². The van der Waals surface area contributed by atoms with Crippen LogP contribution < -0.4 is 4.85 Å². The monoisotopic (exact) mass is 298 g/mol. The lowest BCUT2D eigenvalue weighted by molar-refractivity contribution is -0.640. The normalized spacial score (nSPS) is 12.1. The van der Waals surface area contributed by atoms with Crippen molar-refractivity contribution in [3.05, 3.63) is 40.7 Å². The Hall–Kier alpha value is -2.91. The summed E-state index contributed by atoms with van der Waals surface area (Å²) in [4.78, 5) is 10.9. The topological polar surface area (TPSA) is 94.4 Å². The van der Waals surface area contributed by atoms with E-state index in [4.69, 9.17) is 5.11 Å². The second-order valence-corrected chi connectivity index (χ2v) is 4.17. The SMILES string of the molecule is O=C(O)c1cnn2c1n[n+]([O-])c1cc(C(F)(F)F)ccc12. The number of aromatic carboxylic acids is 1. The molecule has 2 aromatic heterocycles. The van der Waals surface area contributed by atoms with E-state index in [0.29, 0.717) is 6.07 Å². The van der Waals surface area contributed by atoms with Gasteiger partial charge in [0, 0.05) is 11.2 Å². The molecule has 0 saturated carbocycles. The largest absolute Gasteiger partial charge is 0.594 e. The second kappa shape index (κ2) is 4.04. The molecular weight excluding hydrogens is 293 g/mol. The van der Waals surface area contributed by atoms with Gasteiger partial charge in [-0.05, 0) is 17.0 Å². The van der Waals surface area contributed by atoms with Gasteiger partial charge in [-0.2, -0.15) is 18.3 Å². The van der Waals surface area contributed by atoms with E-state index in [1.54, 1.807) is 0 Å². The van der Waals surface area contributed by atoms with E-state index in [9.17, 15) is 23.2 Å². The minimum Gasteiger partial charge on any atom is -0.594 e. The summed E-state index contributed by atoms with van der Waals surface area (Å²) in [7, 11) is 0. The average Bonchev–Trinajstić information content (AvgIpc) is 2.81. The van der Waals surface area contributed by atoms with Crippen molar-refractivity contribution in [3.8, 4) is 0 Å². The van der Waals surface area contributed by atoms with Crippen LogP contribution in [0.15, 0.2) is 24.4 Å². The summed E-state index contributed by atoms with van der Waals surface area (Å²) in [6.45, 7) is 0. The summed E-state index contributed by atoms with van der Waals surface area (Å²) in [5.41, 5.74) is -1.91. The maximum Gasteiger partial charge on any atom is 0.416 e. The molecule has 3 aromatic rings. The summed E-state index contributed by atoms with van der Waals surface area (Å²) >= 11 is 0. The Morgan fingerprint density at radius 3 is 2.71 bits per heavy atom. The lowest BCUT2D eigenvalue weighted by Gasteiger charge is -2.07. The minimum atomic E-state index is -4.60. The highest BCUT2D eigenvalue weighted by atomic mass is 19.4. The lowest BCUT2D eigenvalue weighted by atomic mass is 10.2. The van der Waals surface area contributed by atoms with Crippen molar-refractivity contribution in [2.45, 2.75) is 6.18 Å². The summed E-state index contributed by atoms with van der Waals surface area (Å²) in [5, 5.41) is 27.8. The summed E-state index contributed by atoms with van der Waals surface area (Å²) < 4.78 is 38.9. The number of aromatic nitrogens is 4. The first kappa shape index (κ1) is 13.1. The molecule has 0 fully saturated rings. The predicted octanol–water partition coefficient (Wildman–Crippen LogP) is 1.23. The molecule has 1 N–H and O–H groups in total. The van der Waals surface area contributed by atoms with E-state index < -0.39 is 17.7 Å². The molecule has 108 valence electrons. The van der Waals surface area contributed by atoms with E-state index in [0.717, 1.165) is 22.8 Å². The van der Waals surface area contributed by atoms with Gasteiger partial charge in [-0.25, -0.2) is 9.31 Å². The van der Waals surface area contributed by atoms with Crippen molar-refractivity contribution in [1.29, 1.82) is 0 Å². The molecule has 1 aromatic carbocycles. The molecule has 0 spiro atoms. The van der Waals surface area contributed by atoms with Gasteiger partial charge in [0.2, 0.25) is 5.65 Å². The first-order valence-electron chi connectivity index (χ1n) is 5.51. The summed E-state index contributed by atoms with van der Waals surface area (Å²) in [6, 6.07) is 2.46. The zero-order chi connectivity index (χ0) is 15.4. The Labute approximate surface area is 113 Å². The third-order valence-corrected chi connectivity index (χ3v) is 2.90. The molecule has 0 bridgehead atoms. The maximum absolute atomic E-state index is 12.6. The molecular formula is C11H5F3N4O3. The fourth-order valence-electron chi connectivity index (χ4n) is 1.94. The predicted molar refractivity (Wildman–Crippen MR) is 61.4 cm³/mol. The van der Waals surface area contributed by atoms with Crippen LogP contribution in [0, 0.1) is 5.21 Å². The molecule has 7 nitrogen and oxygen atoms in total. The molecule has 0 saturated heterocycles. The zero-order valence-electron chi connectivity index (χ0n) is 10.00. The number of carboxylic acid groups (broad SMARTS) is 1. The molecule has 0 amide bonds. The fraction of sp³-hybridized carbons (Fsp3) is 0.0909. The molecule has 0 aliphatic rings. The number of fused-ring (bicyclic) bond motifs is 3. The standard InChI is InChI=1S/C11H5F3N4O3/c12-11(13,14)5-1-2-7-8(3-5)18(21)16-9-6(10(19)20)4-15-17(7)9/h1-4H,(H,19,20). The number of nitrogens with zero attached hydrogens (tertiary/aromatic N) is 4. The van der Waals surface area contributed by atoms with Crippen LogP contribution in [-0.4, -0.2) is 25.8 Å². The highest BCUT2D eigenvalue weighted by Crippen LogP contribution is 2.30. The van der Waals surface area contributed by atoms with Gasteiger partial charge in [-0.3, -0.25) is 0 Å². The van der Waals surface area contributed by atoms with Gasteiger partial charge in [0.05, 0.1) is 11.8 Å². The first-order chi connectivity index (χ1) is 9.79. The third kappa shape index (κ3) is 1.91. The van der Waals surface area contributed by atoms with Gasteiger partial charge in [0.15, 0.2) is 0 Å². The molecule has 21 heavy (non-hydrogen) atoms. The number of carboxylic acids is 1. The van der Waals surface area contributed by atoms with Crippen LogP contribution in [0.5, 0.6) is 0 Å². The van der Waals surface area contributed by atoms with Gasteiger partial charge in [-0.1, -0.05) is 0 Å². The second-order valence-electron chi connectivity index (χ2n) is 4.17. The Kier molecular flexibility index (Phi) is 2.52. The van der Waals surface area contributed by atoms with Gasteiger partial charge in [0.1, 0.15) is 11.1 Å². The molecule has 0 aliphatic carbocycles. The lowest BCUT2D eigenvalue weighted by Crippen LogP contribution is -2.33. The van der Waals surface area contributed by atoms with Crippen molar-refractivity contribution in [2.75, 3.05) is 0 Å². The van der Waals surface area contributed by atoms with E-state index in [1.165, 1.54) is 0 Å². The van der Waals surface area contributed by atoms with Crippen molar-refractivity contribution >= 4 is 22.6 Å². The Balaban J connectivity index is 2.39. The number of carbonyl (C=O) groups is 1. The Morgan fingerprint density at radius 1 is 1.38 bits per heavy atom. The van der Waals surface area contributed by atoms with Crippen molar-refractivity contribution < 1.29 is 27.9 Å². The van der Waals surface area contributed by atoms with E-state index in [1.807, 2.05) is 0 Å². The maximum atomic E-state index is 12.6. The van der Waals surface area contributed by atoms with Crippen LogP contribution in [0.25, 0.3) is 16.7 Å². The third-order valence-electron chi connectivity index (χ3n) is 2.90. The zero-order valence-corrected chi connectivity index (χ0v) is 10.00. The Morgan fingerprint density at radius 2 is 2.10 bits per heavy atom. The number of benzene rings is 1. The molecule has 0 aliphatic heterocycles. The van der Waals surface area contributed by atoms with Crippen molar-refractivity contribution in [1.82, 2.24) is 14.7 Å². The summed E-state index contributed by atoms with van der Waals surface area (Å²) in [5.74, 6) is -1.34. The van der Waals surface area contributed by atoms with E-state index in [2.05, 4.69) is 10.2 Å². The molecule has 0 radical (unpaired) electrons. The van der Waals surface area contributed by atoms with Crippen LogP contribution >= 0.6 is 0 Å².